The van der Waals surface area contributed by atoms with Gasteiger partial charge >= 0.3 is 0 Å². The minimum Gasteiger partial charge on any atom is -0.388 e. The Kier molecular flexibility index (Phi) is 4.02. The third kappa shape index (κ3) is 2.99. The molecular weight excluding hydrogens is 214 g/mol. The number of hydrogen-bond donors (Lipinski definition) is 1. The Labute approximate surface area is 103 Å². The van der Waals surface area contributed by atoms with Crippen LogP contribution in [-0.4, -0.2) is 30.9 Å². The summed E-state index contributed by atoms with van der Waals surface area (Å²) in [6.45, 7) is 6.63. The van der Waals surface area contributed by atoms with Crippen LogP contribution in [0.2, 0.25) is 0 Å². The van der Waals surface area contributed by atoms with Gasteiger partial charge in [-0.15, -0.1) is 0 Å². The van der Waals surface area contributed by atoms with E-state index in [4.69, 9.17) is 4.74 Å². The summed E-state index contributed by atoms with van der Waals surface area (Å²) in [6.07, 6.45) is 0.771. The molecule has 1 heterocycles. The van der Waals surface area contributed by atoms with E-state index in [0.29, 0.717) is 0 Å². The van der Waals surface area contributed by atoms with Gasteiger partial charge in [0.1, 0.15) is 0 Å². The standard InChI is InChI=1S/C14H21NO2/c1-11(2)17-10-9-15-8-7-14(16)12-5-3-4-6-13(12)15/h3-6,11,14,16H,7-10H2,1-2H3. The van der Waals surface area contributed by atoms with Crippen LogP contribution in [0.1, 0.15) is 31.9 Å². The highest BCUT2D eigenvalue weighted by molar-refractivity contribution is 5.56. The summed E-state index contributed by atoms with van der Waals surface area (Å²) in [5.74, 6) is 0. The first-order valence-corrected chi connectivity index (χ1v) is 6.32. The molecule has 0 aliphatic carbocycles. The van der Waals surface area contributed by atoms with E-state index in [1.165, 1.54) is 0 Å². The number of aliphatic hydroxyl groups is 1. The minimum atomic E-state index is -0.312. The molecule has 0 radical (unpaired) electrons. The number of rotatable bonds is 4. The first kappa shape index (κ1) is 12.4. The summed E-state index contributed by atoms with van der Waals surface area (Å²) in [5.41, 5.74) is 2.20. The number of nitrogens with zero attached hydrogens (tertiary/aromatic N) is 1. The lowest BCUT2D eigenvalue weighted by atomic mass is 9.99. The van der Waals surface area contributed by atoms with E-state index in [9.17, 15) is 5.11 Å². The molecule has 1 atom stereocenters. The summed E-state index contributed by atoms with van der Waals surface area (Å²) in [6, 6.07) is 8.09. The molecule has 0 aromatic heterocycles. The smallest absolute Gasteiger partial charge is 0.0826 e. The summed E-state index contributed by atoms with van der Waals surface area (Å²) >= 11 is 0. The van der Waals surface area contributed by atoms with Crippen molar-refractivity contribution in [2.75, 3.05) is 24.6 Å². The second-order valence-corrected chi connectivity index (χ2v) is 4.77. The number of benzene rings is 1. The fourth-order valence-corrected chi connectivity index (χ4v) is 2.24. The van der Waals surface area contributed by atoms with Crippen molar-refractivity contribution in [1.82, 2.24) is 0 Å². The van der Waals surface area contributed by atoms with Crippen molar-refractivity contribution in [3.8, 4) is 0 Å². The third-order valence-electron chi connectivity index (χ3n) is 3.12. The van der Waals surface area contributed by atoms with Crippen LogP contribution < -0.4 is 4.90 Å². The molecule has 1 aliphatic heterocycles. The van der Waals surface area contributed by atoms with Gasteiger partial charge < -0.3 is 14.7 Å². The molecule has 3 heteroatoms. The lowest BCUT2D eigenvalue weighted by Crippen LogP contribution is -2.34. The molecule has 3 nitrogen and oxygen atoms in total. The minimum absolute atomic E-state index is 0.278. The van der Waals surface area contributed by atoms with Crippen LogP contribution in [0.5, 0.6) is 0 Å². The Morgan fingerprint density at radius 1 is 1.41 bits per heavy atom. The van der Waals surface area contributed by atoms with Crippen LogP contribution >= 0.6 is 0 Å². The molecule has 0 saturated heterocycles. The van der Waals surface area contributed by atoms with Crippen molar-refractivity contribution in [2.45, 2.75) is 32.5 Å². The second kappa shape index (κ2) is 5.52. The molecule has 0 saturated carbocycles. The van der Waals surface area contributed by atoms with E-state index >= 15 is 0 Å². The molecule has 0 fully saturated rings. The van der Waals surface area contributed by atoms with Gasteiger partial charge in [-0.2, -0.15) is 0 Å². The number of aliphatic hydroxyl groups excluding tert-OH is 1. The van der Waals surface area contributed by atoms with Crippen molar-refractivity contribution in [1.29, 1.82) is 0 Å². The highest BCUT2D eigenvalue weighted by atomic mass is 16.5. The Bertz CT molecular complexity index is 365. The zero-order chi connectivity index (χ0) is 12.3. The molecule has 1 aliphatic rings. The molecule has 1 unspecified atom stereocenters. The van der Waals surface area contributed by atoms with Gasteiger partial charge in [0.05, 0.1) is 18.8 Å². The molecule has 0 bridgehead atoms. The summed E-state index contributed by atoms with van der Waals surface area (Å²) < 4.78 is 5.58. The van der Waals surface area contributed by atoms with Gasteiger partial charge in [0, 0.05) is 24.3 Å². The topological polar surface area (TPSA) is 32.7 Å². The number of ether oxygens (including phenoxy) is 1. The zero-order valence-corrected chi connectivity index (χ0v) is 10.6. The highest BCUT2D eigenvalue weighted by Crippen LogP contribution is 2.32. The van der Waals surface area contributed by atoms with E-state index in [0.717, 1.165) is 37.4 Å². The van der Waals surface area contributed by atoms with Gasteiger partial charge in [0.25, 0.3) is 0 Å². The normalized spacial score (nSPS) is 19.5. The summed E-state index contributed by atoms with van der Waals surface area (Å²) in [4.78, 5) is 2.30. The number of anilines is 1. The first-order chi connectivity index (χ1) is 8.18. The molecule has 0 amide bonds. The number of para-hydroxylation sites is 1. The summed E-state index contributed by atoms with van der Waals surface area (Å²) in [7, 11) is 0. The lowest BCUT2D eigenvalue weighted by molar-refractivity contribution is 0.0827. The highest BCUT2D eigenvalue weighted by Gasteiger charge is 2.22. The maximum atomic E-state index is 9.93. The molecule has 1 aromatic carbocycles. The van der Waals surface area contributed by atoms with Crippen molar-refractivity contribution in [3.63, 3.8) is 0 Å². The van der Waals surface area contributed by atoms with Gasteiger partial charge in [-0.05, 0) is 26.3 Å². The first-order valence-electron chi connectivity index (χ1n) is 6.32. The van der Waals surface area contributed by atoms with Gasteiger partial charge in [0.2, 0.25) is 0 Å². The largest absolute Gasteiger partial charge is 0.388 e. The van der Waals surface area contributed by atoms with Gasteiger partial charge in [0.15, 0.2) is 0 Å². The van der Waals surface area contributed by atoms with E-state index in [2.05, 4.69) is 11.0 Å². The van der Waals surface area contributed by atoms with Crippen LogP contribution in [0.25, 0.3) is 0 Å². The average molecular weight is 235 g/mol. The van der Waals surface area contributed by atoms with Crippen molar-refractivity contribution < 1.29 is 9.84 Å². The molecule has 1 aromatic rings. The van der Waals surface area contributed by atoms with E-state index < -0.39 is 0 Å². The molecule has 1 N–H and O–H groups in total. The van der Waals surface area contributed by atoms with E-state index in [1.807, 2.05) is 32.0 Å². The maximum absolute atomic E-state index is 9.93. The van der Waals surface area contributed by atoms with Crippen LogP contribution in [0.3, 0.4) is 0 Å². The quantitative estimate of drug-likeness (QED) is 0.869. The molecule has 94 valence electrons. The molecule has 0 spiro atoms. The predicted molar refractivity (Wildman–Crippen MR) is 69.3 cm³/mol. The van der Waals surface area contributed by atoms with Gasteiger partial charge in [-0.1, -0.05) is 18.2 Å². The Balaban J connectivity index is 2.03. The molecule has 2 rings (SSSR count). The van der Waals surface area contributed by atoms with E-state index in [1.54, 1.807) is 0 Å². The summed E-state index contributed by atoms with van der Waals surface area (Å²) in [5, 5.41) is 9.93. The predicted octanol–water partition coefficient (Wildman–Crippen LogP) is 2.36. The second-order valence-electron chi connectivity index (χ2n) is 4.77. The van der Waals surface area contributed by atoms with Crippen LogP contribution in [0.15, 0.2) is 24.3 Å². The Hall–Kier alpha value is -1.06. The Morgan fingerprint density at radius 3 is 2.94 bits per heavy atom. The lowest BCUT2D eigenvalue weighted by Gasteiger charge is -2.33. The van der Waals surface area contributed by atoms with Gasteiger partial charge in [-0.3, -0.25) is 0 Å². The monoisotopic (exact) mass is 235 g/mol. The fraction of sp³-hybridized carbons (Fsp3) is 0.571. The average Bonchev–Trinajstić information content (AvgIpc) is 2.32. The number of hydrogen-bond acceptors (Lipinski definition) is 3. The fourth-order valence-electron chi connectivity index (χ4n) is 2.24. The SMILES string of the molecule is CC(C)OCCN1CCC(O)c2ccccc21. The Morgan fingerprint density at radius 2 is 2.18 bits per heavy atom. The van der Waals surface area contributed by atoms with Crippen LogP contribution in [0, 0.1) is 0 Å². The zero-order valence-electron chi connectivity index (χ0n) is 10.6. The van der Waals surface area contributed by atoms with Crippen LogP contribution in [0.4, 0.5) is 5.69 Å². The van der Waals surface area contributed by atoms with Crippen molar-refractivity contribution in [2.24, 2.45) is 0 Å². The molecular formula is C14H21NO2. The number of fused-ring (bicyclic) bond motifs is 1. The van der Waals surface area contributed by atoms with Crippen molar-refractivity contribution >= 4 is 5.69 Å². The van der Waals surface area contributed by atoms with Gasteiger partial charge in [-0.25, -0.2) is 0 Å². The molecule has 17 heavy (non-hydrogen) atoms. The van der Waals surface area contributed by atoms with Crippen LogP contribution in [-0.2, 0) is 4.74 Å². The third-order valence-corrected chi connectivity index (χ3v) is 3.12. The van der Waals surface area contributed by atoms with Crippen molar-refractivity contribution in [3.05, 3.63) is 29.8 Å². The maximum Gasteiger partial charge on any atom is 0.0826 e. The van der Waals surface area contributed by atoms with E-state index in [-0.39, 0.29) is 12.2 Å².